The summed E-state index contributed by atoms with van der Waals surface area (Å²) in [5, 5.41) is 10.5. The third kappa shape index (κ3) is 3.21. The highest BCUT2D eigenvalue weighted by Crippen LogP contribution is 2.34. The van der Waals surface area contributed by atoms with Gasteiger partial charge in [-0.2, -0.15) is 5.10 Å². The number of aromatic nitrogens is 2. The van der Waals surface area contributed by atoms with Crippen LogP contribution in [0.1, 0.15) is 33.7 Å². The molecule has 29 heavy (non-hydrogen) atoms. The van der Waals surface area contributed by atoms with Gasteiger partial charge in [0.25, 0.3) is 5.91 Å². The van der Waals surface area contributed by atoms with E-state index in [4.69, 9.17) is 0 Å². The fraction of sp³-hybridized carbons (Fsp3) is 0.227. The van der Waals surface area contributed by atoms with Crippen molar-refractivity contribution < 1.29 is 9.59 Å². The molecule has 2 amide bonds. The number of fused-ring (bicyclic) bond motifs is 2. The summed E-state index contributed by atoms with van der Waals surface area (Å²) in [6.07, 6.45) is 2.81. The number of benzene rings is 2. The molecule has 0 fully saturated rings. The molecule has 1 aliphatic heterocycles. The fourth-order valence-electron chi connectivity index (χ4n) is 3.97. The van der Waals surface area contributed by atoms with Gasteiger partial charge in [-0.3, -0.25) is 9.59 Å². The molecule has 2 aliphatic rings. The lowest BCUT2D eigenvalue weighted by Crippen LogP contribution is -2.19. The average molecular weight is 404 g/mol. The van der Waals surface area contributed by atoms with E-state index in [0.717, 1.165) is 52.4 Å². The zero-order valence-corrected chi connectivity index (χ0v) is 16.8. The summed E-state index contributed by atoms with van der Waals surface area (Å²) in [5.74, 6) is 0.173. The number of nitrogens with one attached hydrogen (secondary N) is 2. The number of thioether (sulfide) groups is 1. The van der Waals surface area contributed by atoms with Gasteiger partial charge in [0.05, 0.1) is 17.1 Å². The van der Waals surface area contributed by atoms with Crippen LogP contribution in [0.15, 0.2) is 47.4 Å². The maximum absolute atomic E-state index is 13.1. The highest BCUT2D eigenvalue weighted by Gasteiger charge is 2.27. The first-order chi connectivity index (χ1) is 14.1. The van der Waals surface area contributed by atoms with Crippen LogP contribution in [-0.4, -0.2) is 27.3 Å². The van der Waals surface area contributed by atoms with Crippen LogP contribution in [0, 0.1) is 6.92 Å². The largest absolute Gasteiger partial charge is 0.324 e. The molecule has 1 aliphatic carbocycles. The first kappa shape index (κ1) is 18.0. The lowest BCUT2D eigenvalue weighted by molar-refractivity contribution is -0.113. The van der Waals surface area contributed by atoms with Gasteiger partial charge in [0.1, 0.15) is 0 Å². The molecule has 0 unspecified atom stereocenters. The lowest BCUT2D eigenvalue weighted by Gasteiger charge is -2.17. The Labute approximate surface area is 172 Å². The first-order valence-electron chi connectivity index (χ1n) is 9.65. The number of nitrogens with zero attached hydrogens (tertiary/aromatic N) is 2. The molecule has 2 heterocycles. The molecule has 0 radical (unpaired) electrons. The molecule has 0 saturated carbocycles. The van der Waals surface area contributed by atoms with Crippen molar-refractivity contribution in [3.8, 4) is 5.69 Å². The van der Waals surface area contributed by atoms with Gasteiger partial charge in [-0.1, -0.05) is 18.2 Å². The molecule has 146 valence electrons. The Bertz CT molecular complexity index is 1150. The van der Waals surface area contributed by atoms with Gasteiger partial charge in [-0.05, 0) is 56.0 Å². The number of amides is 2. The predicted octanol–water partition coefficient (Wildman–Crippen LogP) is 3.97. The standard InChI is InChI=1S/C22H20N4O2S/c1-13-5-2-3-7-17(13)26-18-8-4-6-15(18)21(25-26)22(28)23-14-9-10-19-16(11-14)24-20(27)12-29-19/h2-3,5,7,9-11H,4,6,8,12H2,1H3,(H,23,28)(H,24,27). The molecule has 0 saturated heterocycles. The Morgan fingerprint density at radius 1 is 1.21 bits per heavy atom. The molecule has 2 aromatic carbocycles. The van der Waals surface area contributed by atoms with E-state index < -0.39 is 0 Å². The molecule has 1 aromatic heterocycles. The minimum Gasteiger partial charge on any atom is -0.324 e. The minimum atomic E-state index is -0.217. The summed E-state index contributed by atoms with van der Waals surface area (Å²) in [4.78, 5) is 25.7. The summed E-state index contributed by atoms with van der Waals surface area (Å²) >= 11 is 1.50. The Hall–Kier alpha value is -3.06. The highest BCUT2D eigenvalue weighted by atomic mass is 32.2. The topological polar surface area (TPSA) is 76.0 Å². The lowest BCUT2D eigenvalue weighted by atomic mass is 10.1. The smallest absolute Gasteiger partial charge is 0.276 e. The molecule has 6 nitrogen and oxygen atoms in total. The van der Waals surface area contributed by atoms with E-state index in [1.54, 1.807) is 6.07 Å². The molecule has 5 rings (SSSR count). The van der Waals surface area contributed by atoms with Crippen molar-refractivity contribution >= 4 is 35.0 Å². The Morgan fingerprint density at radius 2 is 2.07 bits per heavy atom. The third-order valence-corrected chi connectivity index (χ3v) is 6.43. The van der Waals surface area contributed by atoms with Crippen LogP contribution in [0.3, 0.4) is 0 Å². The van der Waals surface area contributed by atoms with E-state index in [2.05, 4.69) is 28.7 Å². The number of carbonyl (C=O) groups excluding carboxylic acids is 2. The quantitative estimate of drug-likeness (QED) is 0.693. The second kappa shape index (κ2) is 7.08. The number of aryl methyl sites for hydroxylation is 1. The summed E-state index contributed by atoms with van der Waals surface area (Å²) in [5.41, 5.74) is 6.16. The van der Waals surface area contributed by atoms with Crippen molar-refractivity contribution in [3.63, 3.8) is 0 Å². The molecule has 0 bridgehead atoms. The van der Waals surface area contributed by atoms with Gasteiger partial charge in [0.15, 0.2) is 5.69 Å². The normalized spacial score (nSPS) is 14.9. The van der Waals surface area contributed by atoms with Crippen LogP contribution in [0.4, 0.5) is 11.4 Å². The van der Waals surface area contributed by atoms with Gasteiger partial charge < -0.3 is 10.6 Å². The van der Waals surface area contributed by atoms with Gasteiger partial charge in [-0.25, -0.2) is 4.68 Å². The van der Waals surface area contributed by atoms with Crippen molar-refractivity contribution in [1.29, 1.82) is 0 Å². The number of para-hydroxylation sites is 1. The Balaban J connectivity index is 1.47. The minimum absolute atomic E-state index is 0.0271. The molecule has 7 heteroatoms. The highest BCUT2D eigenvalue weighted by molar-refractivity contribution is 8.00. The predicted molar refractivity (Wildman–Crippen MR) is 114 cm³/mol. The number of carbonyl (C=O) groups is 2. The average Bonchev–Trinajstić information content (AvgIpc) is 3.31. The summed E-state index contributed by atoms with van der Waals surface area (Å²) in [6, 6.07) is 13.7. The summed E-state index contributed by atoms with van der Waals surface area (Å²) < 4.78 is 1.93. The van der Waals surface area contributed by atoms with E-state index >= 15 is 0 Å². The SMILES string of the molecule is Cc1ccccc1-n1nc(C(=O)Nc2ccc3c(c2)NC(=O)CS3)c2c1CCC2. The number of hydrogen-bond acceptors (Lipinski definition) is 4. The number of rotatable bonds is 3. The van der Waals surface area contributed by atoms with Crippen LogP contribution in [0.25, 0.3) is 5.69 Å². The van der Waals surface area contributed by atoms with E-state index in [1.807, 2.05) is 35.0 Å². The maximum Gasteiger partial charge on any atom is 0.276 e. The zero-order chi connectivity index (χ0) is 20.0. The monoisotopic (exact) mass is 404 g/mol. The van der Waals surface area contributed by atoms with Gasteiger partial charge in [0, 0.05) is 21.8 Å². The van der Waals surface area contributed by atoms with Crippen molar-refractivity contribution in [3.05, 3.63) is 65.0 Å². The van der Waals surface area contributed by atoms with Crippen molar-refractivity contribution in [1.82, 2.24) is 9.78 Å². The second-order valence-electron chi connectivity index (χ2n) is 7.33. The zero-order valence-electron chi connectivity index (χ0n) is 16.0. The third-order valence-electron chi connectivity index (χ3n) is 5.36. The molecule has 2 N–H and O–H groups in total. The molecular weight excluding hydrogens is 384 g/mol. The van der Waals surface area contributed by atoms with E-state index in [1.165, 1.54) is 11.8 Å². The van der Waals surface area contributed by atoms with Crippen LogP contribution in [0.5, 0.6) is 0 Å². The van der Waals surface area contributed by atoms with Gasteiger partial charge in [0.2, 0.25) is 5.91 Å². The Morgan fingerprint density at radius 3 is 2.93 bits per heavy atom. The van der Waals surface area contributed by atoms with Crippen LogP contribution >= 0.6 is 11.8 Å². The molecular formula is C22H20N4O2S. The van der Waals surface area contributed by atoms with E-state index in [0.29, 0.717) is 17.1 Å². The number of hydrogen-bond donors (Lipinski definition) is 2. The molecule has 0 spiro atoms. The van der Waals surface area contributed by atoms with Crippen LogP contribution < -0.4 is 10.6 Å². The Kier molecular flexibility index (Phi) is 4.39. The molecule has 3 aromatic rings. The van der Waals surface area contributed by atoms with E-state index in [9.17, 15) is 9.59 Å². The van der Waals surface area contributed by atoms with E-state index in [-0.39, 0.29) is 11.8 Å². The van der Waals surface area contributed by atoms with Crippen molar-refractivity contribution in [2.24, 2.45) is 0 Å². The summed E-state index contributed by atoms with van der Waals surface area (Å²) in [7, 11) is 0. The fourth-order valence-corrected chi connectivity index (χ4v) is 4.76. The van der Waals surface area contributed by atoms with Gasteiger partial charge in [-0.15, -0.1) is 11.8 Å². The molecule has 0 atom stereocenters. The van der Waals surface area contributed by atoms with Gasteiger partial charge >= 0.3 is 0 Å². The van der Waals surface area contributed by atoms with Crippen LogP contribution in [0.2, 0.25) is 0 Å². The van der Waals surface area contributed by atoms with Crippen molar-refractivity contribution in [2.45, 2.75) is 31.1 Å². The second-order valence-corrected chi connectivity index (χ2v) is 8.34. The first-order valence-corrected chi connectivity index (χ1v) is 10.6. The van der Waals surface area contributed by atoms with Crippen molar-refractivity contribution in [2.75, 3.05) is 16.4 Å². The van der Waals surface area contributed by atoms with Crippen LogP contribution in [-0.2, 0) is 17.6 Å². The number of anilines is 2. The maximum atomic E-state index is 13.1. The summed E-state index contributed by atoms with van der Waals surface area (Å²) in [6.45, 7) is 2.05.